The summed E-state index contributed by atoms with van der Waals surface area (Å²) < 4.78 is 79.3. The molecular weight excluding hydrogens is 821 g/mol. The Hall–Kier alpha value is -4.55. The van der Waals surface area contributed by atoms with Crippen LogP contribution in [0.3, 0.4) is 0 Å². The number of rotatable bonds is 2. The summed E-state index contributed by atoms with van der Waals surface area (Å²) in [7, 11) is 0. The Bertz CT molecular complexity index is 2760. The fraction of sp³-hybridized carbons (Fsp3) is 0.359. The Balaban J connectivity index is 1.10. The minimum Gasteiger partial charge on any atom is -0.486 e. The number of allylic oxidation sites excluding steroid dienone is 3. The van der Waals surface area contributed by atoms with Crippen molar-refractivity contribution in [3.63, 3.8) is 0 Å². The first-order valence-corrected chi connectivity index (χ1v) is 22.4. The Morgan fingerprint density at radius 1 is 0.393 bits per heavy atom. The molecule has 0 bridgehead atoms. The molecule has 288 valence electrons. The lowest BCUT2D eigenvalue weighted by Gasteiger charge is -2.19. The molecule has 11 heterocycles. The first-order chi connectivity index (χ1) is 27.6. The molecule has 4 aromatic heterocycles. The second kappa shape index (κ2) is 13.0. The number of thiophene rings is 4. The fourth-order valence-electron chi connectivity index (χ4n) is 7.70. The van der Waals surface area contributed by atoms with Crippen molar-refractivity contribution in [1.29, 1.82) is 0 Å². The summed E-state index contributed by atoms with van der Waals surface area (Å²) in [6.07, 6.45) is 2.11. The zero-order valence-electron chi connectivity index (χ0n) is 30.0. The molecule has 0 spiro atoms. The van der Waals surface area contributed by atoms with E-state index in [1.165, 1.54) is 0 Å². The third-order valence-corrected chi connectivity index (χ3v) is 16.3. The van der Waals surface area contributed by atoms with E-state index in [2.05, 4.69) is 13.0 Å². The van der Waals surface area contributed by atoms with Crippen LogP contribution in [0.15, 0.2) is 34.7 Å². The van der Waals surface area contributed by atoms with Crippen LogP contribution in [0.4, 0.5) is 0 Å². The van der Waals surface area contributed by atoms with Gasteiger partial charge in [0.2, 0.25) is 22.9 Å². The number of fused-ring (bicyclic) bond motifs is 4. The van der Waals surface area contributed by atoms with Crippen LogP contribution in [0.1, 0.15) is 16.7 Å². The van der Waals surface area contributed by atoms with Crippen molar-refractivity contribution >= 4 is 72.0 Å². The van der Waals surface area contributed by atoms with Crippen molar-refractivity contribution in [3.05, 3.63) is 62.6 Å². The van der Waals surface area contributed by atoms with Gasteiger partial charge in [-0.25, -0.2) is 0 Å². The lowest BCUT2D eigenvalue weighted by atomic mass is 10.2. The molecule has 0 unspecified atom stereocenters. The monoisotopic (exact) mass is 851 g/mol. The maximum absolute atomic E-state index is 6.46. The van der Waals surface area contributed by atoms with Gasteiger partial charge in [0.25, 0.3) is 9.77 Å². The minimum atomic E-state index is 0.418. The van der Waals surface area contributed by atoms with Gasteiger partial charge in [0.05, 0.1) is 23.4 Å². The van der Waals surface area contributed by atoms with Crippen molar-refractivity contribution in [2.45, 2.75) is 13.8 Å². The summed E-state index contributed by atoms with van der Waals surface area (Å²) >= 11 is 8.03. The van der Waals surface area contributed by atoms with Gasteiger partial charge < -0.3 is 56.8 Å². The van der Waals surface area contributed by atoms with Crippen LogP contribution in [-0.4, -0.2) is 84.1 Å². The largest absolute Gasteiger partial charge is 0.486 e. The Morgan fingerprint density at radius 2 is 0.839 bits per heavy atom. The van der Waals surface area contributed by atoms with Gasteiger partial charge in [0, 0.05) is 10.5 Å². The standard InChI is InChI=1S/C39H31O12S5/c1-16-15-18(21-19(16)40-3-5-42-21)31-23-24(45-8-7-44-23)34(53-31)35-27-28(49-12-11-48-27)38(55-35)39-30-29(50-13-14-51-30)37(56-39)36-26-25(46-9-10-47-26)33(54-36)32-22-20(17(2)52-32)41-4-6-43-22/h15H,3-14H2,1-2H3/q+1/b31-18-. The Morgan fingerprint density at radius 3 is 1.50 bits per heavy atom. The van der Waals surface area contributed by atoms with Gasteiger partial charge in [-0.15, -0.1) is 45.3 Å². The topological polar surface area (TPSA) is 111 Å². The van der Waals surface area contributed by atoms with Crippen LogP contribution >= 0.6 is 45.3 Å². The van der Waals surface area contributed by atoms with Crippen LogP contribution in [0.25, 0.3) is 20.2 Å². The van der Waals surface area contributed by atoms with E-state index < -0.39 is 0 Å². The zero-order chi connectivity index (χ0) is 37.1. The normalized spacial score (nSPS) is 22.7. The fourth-order valence-corrected chi connectivity index (χ4v) is 14.0. The molecule has 4 aromatic rings. The predicted octanol–water partition coefficient (Wildman–Crippen LogP) is 5.33. The van der Waals surface area contributed by atoms with Crippen molar-refractivity contribution in [1.82, 2.24) is 0 Å². The third-order valence-electron chi connectivity index (χ3n) is 9.97. The molecule has 8 aliphatic rings. The Labute approximate surface area is 338 Å². The first-order valence-electron chi connectivity index (χ1n) is 18.3. The number of ether oxygens (including phenoxy) is 12. The van der Waals surface area contributed by atoms with Gasteiger partial charge in [-0.3, -0.25) is 0 Å². The lowest BCUT2D eigenvalue weighted by Crippen LogP contribution is -2.20. The second-order valence-electron chi connectivity index (χ2n) is 13.4. The molecule has 7 aliphatic heterocycles. The maximum Gasteiger partial charge on any atom is 0.298 e. The molecule has 0 radical (unpaired) electrons. The average molecular weight is 852 g/mol. The second-order valence-corrected chi connectivity index (χ2v) is 18.7. The summed E-state index contributed by atoms with van der Waals surface area (Å²) in [4.78, 5) is 5.69. The molecule has 56 heavy (non-hydrogen) atoms. The van der Waals surface area contributed by atoms with Gasteiger partial charge in [0.1, 0.15) is 88.7 Å². The van der Waals surface area contributed by atoms with E-state index in [9.17, 15) is 0 Å². The molecule has 12 nitrogen and oxygen atoms in total. The van der Waals surface area contributed by atoms with Crippen LogP contribution in [0.2, 0.25) is 0 Å². The third kappa shape index (κ3) is 4.93. The number of aryl methyl sites for hydroxylation is 1. The highest BCUT2D eigenvalue weighted by Gasteiger charge is 2.48. The van der Waals surface area contributed by atoms with E-state index in [1.54, 1.807) is 56.7 Å². The molecule has 0 N–H and O–H groups in total. The highest BCUT2D eigenvalue weighted by molar-refractivity contribution is 7.90. The van der Waals surface area contributed by atoms with Crippen LogP contribution in [0.5, 0.6) is 46.0 Å². The number of hydrogen-bond acceptors (Lipinski definition) is 16. The predicted molar refractivity (Wildman–Crippen MR) is 212 cm³/mol. The molecule has 1 aliphatic carbocycles. The van der Waals surface area contributed by atoms with E-state index in [0.29, 0.717) is 125 Å². The van der Waals surface area contributed by atoms with Gasteiger partial charge in [-0.2, -0.15) is 0 Å². The Kier molecular flexibility index (Phi) is 7.79. The number of hydrogen-bond donors (Lipinski definition) is 0. The molecule has 17 heteroatoms. The average Bonchev–Trinajstić information content (AvgIpc) is 4.10. The zero-order valence-corrected chi connectivity index (χ0v) is 34.1. The SMILES string of the molecule is CC1=C/C(=c2/s/c(=c3/s/c(=C4/[S+]=C(c5sc(-c6sc(C)c7c6OCCO7)c6c5OCCO6)C5=C4OCCO5)c4c3OCCO4)c3c2OCCO3)C2=C1OCCO2. The molecule has 12 rings (SSSR count). The summed E-state index contributed by atoms with van der Waals surface area (Å²) in [5, 5.41) is 0. The van der Waals surface area contributed by atoms with Crippen LogP contribution in [-0.2, 0) is 30.3 Å². The van der Waals surface area contributed by atoms with E-state index in [-0.39, 0.29) is 0 Å². The van der Waals surface area contributed by atoms with E-state index in [1.807, 2.05) is 6.92 Å². The summed E-state index contributed by atoms with van der Waals surface area (Å²) in [6.45, 7) is 9.57. The van der Waals surface area contributed by atoms with Crippen LogP contribution in [0, 0.1) is 16.0 Å². The van der Waals surface area contributed by atoms with Gasteiger partial charge in [-0.1, -0.05) is 0 Å². The first kappa shape index (κ1) is 33.6. The van der Waals surface area contributed by atoms with E-state index in [4.69, 9.17) is 56.8 Å². The molecule has 0 saturated heterocycles. The van der Waals surface area contributed by atoms with Gasteiger partial charge in [0.15, 0.2) is 57.5 Å². The molecule has 0 atom stereocenters. The molecule has 0 saturated carbocycles. The molecule has 0 amide bonds. The highest BCUT2D eigenvalue weighted by atomic mass is 32.1. The van der Waals surface area contributed by atoms with Crippen molar-refractivity contribution in [2.24, 2.45) is 0 Å². The lowest BCUT2D eigenvalue weighted by molar-refractivity contribution is 0.0786. The van der Waals surface area contributed by atoms with E-state index >= 15 is 0 Å². The van der Waals surface area contributed by atoms with Crippen LogP contribution < -0.4 is 47.0 Å². The minimum absolute atomic E-state index is 0.418. The smallest absolute Gasteiger partial charge is 0.298 e. The summed E-state index contributed by atoms with van der Waals surface area (Å²) in [5.41, 5.74) is 1.95. The van der Waals surface area contributed by atoms with Crippen molar-refractivity contribution < 1.29 is 56.8 Å². The van der Waals surface area contributed by atoms with Crippen molar-refractivity contribution in [3.8, 4) is 55.8 Å². The molecular formula is C39H31O12S5+. The molecule has 0 fully saturated rings. The van der Waals surface area contributed by atoms with E-state index in [0.717, 1.165) is 81.6 Å². The highest BCUT2D eigenvalue weighted by Crippen LogP contribution is 2.58. The van der Waals surface area contributed by atoms with Gasteiger partial charge >= 0.3 is 0 Å². The quantitative estimate of drug-likeness (QED) is 0.192. The van der Waals surface area contributed by atoms with Gasteiger partial charge in [-0.05, 0) is 25.5 Å². The maximum atomic E-state index is 6.46. The summed E-state index contributed by atoms with van der Waals surface area (Å²) in [5.74, 6) is 8.57. The van der Waals surface area contributed by atoms with Crippen molar-refractivity contribution in [2.75, 3.05) is 79.3 Å². The molecule has 0 aromatic carbocycles. The summed E-state index contributed by atoms with van der Waals surface area (Å²) in [6, 6.07) is 0.